The Kier molecular flexibility index (Phi) is 7.79. The fourth-order valence-electron chi connectivity index (χ4n) is 3.63. The van der Waals surface area contributed by atoms with Crippen LogP contribution >= 0.6 is 11.6 Å². The highest BCUT2D eigenvalue weighted by Crippen LogP contribution is 2.37. The normalized spacial score (nSPS) is 10.8. The van der Waals surface area contributed by atoms with Gasteiger partial charge in [0.25, 0.3) is 5.91 Å². The van der Waals surface area contributed by atoms with Gasteiger partial charge in [0.15, 0.2) is 11.5 Å². The van der Waals surface area contributed by atoms with Gasteiger partial charge in [-0.2, -0.15) is 10.4 Å². The lowest BCUT2D eigenvalue weighted by molar-refractivity contribution is 0.0951. The van der Waals surface area contributed by atoms with Gasteiger partial charge in [0.1, 0.15) is 12.4 Å². The third-order valence-electron chi connectivity index (χ3n) is 5.31. The van der Waals surface area contributed by atoms with Crippen molar-refractivity contribution in [2.24, 2.45) is 5.10 Å². The Bertz CT molecular complexity index is 1490. The predicted octanol–water partition coefficient (Wildman–Crippen LogP) is 6.25. The van der Waals surface area contributed by atoms with Gasteiger partial charge in [-0.25, -0.2) is 9.82 Å². The van der Waals surface area contributed by atoms with E-state index in [0.717, 1.165) is 22.4 Å². The maximum absolute atomic E-state index is 14.0. The number of fused-ring (bicyclic) bond motifs is 1. The predicted molar refractivity (Wildman–Crippen MR) is 137 cm³/mol. The molecule has 0 saturated heterocycles. The van der Waals surface area contributed by atoms with Gasteiger partial charge in [0, 0.05) is 0 Å². The van der Waals surface area contributed by atoms with E-state index in [-0.39, 0.29) is 11.1 Å². The van der Waals surface area contributed by atoms with Crippen molar-refractivity contribution in [3.8, 4) is 17.6 Å². The first-order valence-corrected chi connectivity index (χ1v) is 11.5. The van der Waals surface area contributed by atoms with Crippen LogP contribution in [0, 0.1) is 17.1 Å². The van der Waals surface area contributed by atoms with E-state index in [2.05, 4.69) is 10.5 Å². The highest BCUT2D eigenvalue weighted by molar-refractivity contribution is 6.32. The number of hydrogen-bond donors (Lipinski definition) is 1. The van der Waals surface area contributed by atoms with Gasteiger partial charge in [-0.1, -0.05) is 54.1 Å². The van der Waals surface area contributed by atoms with E-state index in [0.29, 0.717) is 35.3 Å². The SMILES string of the molecule is CCOc1cc(/C=N/NC(=O)c2ccc(C#N)cc2F)cc(Cl)c1OCc1cccc2ccccc12. The number of carbonyl (C=O) groups excluding carboxylic acids is 1. The van der Waals surface area contributed by atoms with Crippen molar-refractivity contribution in [3.05, 3.63) is 106 Å². The number of nitrogens with zero attached hydrogens (tertiary/aromatic N) is 2. The molecule has 0 unspecified atom stereocenters. The topological polar surface area (TPSA) is 83.7 Å². The summed E-state index contributed by atoms with van der Waals surface area (Å²) in [5.74, 6) is -0.737. The van der Waals surface area contributed by atoms with Crippen LogP contribution in [0.4, 0.5) is 4.39 Å². The summed E-state index contributed by atoms with van der Waals surface area (Å²) in [4.78, 5) is 12.2. The summed E-state index contributed by atoms with van der Waals surface area (Å²) in [7, 11) is 0. The van der Waals surface area contributed by atoms with Crippen LogP contribution in [0.5, 0.6) is 11.5 Å². The molecule has 0 saturated carbocycles. The van der Waals surface area contributed by atoms with Crippen molar-refractivity contribution in [2.75, 3.05) is 6.61 Å². The molecule has 0 aliphatic rings. The Labute approximate surface area is 212 Å². The van der Waals surface area contributed by atoms with Crippen LogP contribution in [0.3, 0.4) is 0 Å². The van der Waals surface area contributed by atoms with E-state index in [4.69, 9.17) is 26.3 Å². The number of hydrazone groups is 1. The Morgan fingerprint density at radius 1 is 1.11 bits per heavy atom. The largest absolute Gasteiger partial charge is 0.490 e. The zero-order chi connectivity index (χ0) is 25.5. The second-order valence-electron chi connectivity index (χ2n) is 7.70. The molecule has 0 atom stereocenters. The maximum atomic E-state index is 14.0. The van der Waals surface area contributed by atoms with E-state index in [1.807, 2.05) is 55.5 Å². The maximum Gasteiger partial charge on any atom is 0.274 e. The molecule has 0 heterocycles. The second-order valence-corrected chi connectivity index (χ2v) is 8.10. The lowest BCUT2D eigenvalue weighted by Crippen LogP contribution is -2.19. The summed E-state index contributed by atoms with van der Waals surface area (Å²) in [5.41, 5.74) is 3.71. The van der Waals surface area contributed by atoms with Crippen LogP contribution in [-0.4, -0.2) is 18.7 Å². The van der Waals surface area contributed by atoms with Crippen LogP contribution in [-0.2, 0) is 6.61 Å². The number of rotatable bonds is 8. The minimum Gasteiger partial charge on any atom is -0.490 e. The average molecular weight is 502 g/mol. The first-order valence-electron chi connectivity index (χ1n) is 11.1. The van der Waals surface area contributed by atoms with Gasteiger partial charge in [0.2, 0.25) is 0 Å². The van der Waals surface area contributed by atoms with Gasteiger partial charge < -0.3 is 9.47 Å². The minimum absolute atomic E-state index is 0.119. The van der Waals surface area contributed by atoms with Crippen LogP contribution in [0.2, 0.25) is 5.02 Å². The number of nitriles is 1. The lowest BCUT2D eigenvalue weighted by Gasteiger charge is -2.15. The van der Waals surface area contributed by atoms with Crippen molar-refractivity contribution in [1.29, 1.82) is 5.26 Å². The van der Waals surface area contributed by atoms with Gasteiger partial charge in [-0.3, -0.25) is 4.79 Å². The molecule has 1 amide bonds. The average Bonchev–Trinajstić information content (AvgIpc) is 2.88. The molecule has 1 N–H and O–H groups in total. The van der Waals surface area contributed by atoms with E-state index in [9.17, 15) is 9.18 Å². The molecular weight excluding hydrogens is 481 g/mol. The first-order chi connectivity index (χ1) is 17.5. The fraction of sp³-hybridized carbons (Fsp3) is 0.107. The molecule has 8 heteroatoms. The van der Waals surface area contributed by atoms with Crippen molar-refractivity contribution >= 4 is 34.5 Å². The monoisotopic (exact) mass is 501 g/mol. The van der Waals surface area contributed by atoms with Gasteiger partial charge in [-0.05, 0) is 59.2 Å². The highest BCUT2D eigenvalue weighted by atomic mass is 35.5. The van der Waals surface area contributed by atoms with Crippen molar-refractivity contribution in [1.82, 2.24) is 5.43 Å². The Balaban J connectivity index is 1.50. The Hall–Kier alpha value is -4.41. The molecule has 0 fully saturated rings. The summed E-state index contributed by atoms with van der Waals surface area (Å²) < 4.78 is 25.8. The van der Waals surface area contributed by atoms with Crippen LogP contribution in [0.25, 0.3) is 10.8 Å². The Morgan fingerprint density at radius 3 is 2.69 bits per heavy atom. The molecular formula is C28H21ClFN3O3. The van der Waals surface area contributed by atoms with Gasteiger partial charge in [-0.15, -0.1) is 0 Å². The van der Waals surface area contributed by atoms with E-state index >= 15 is 0 Å². The number of carbonyl (C=O) groups is 1. The molecule has 4 rings (SSSR count). The summed E-state index contributed by atoms with van der Waals surface area (Å²) in [6.07, 6.45) is 1.36. The molecule has 0 bridgehead atoms. The van der Waals surface area contributed by atoms with Crippen molar-refractivity contribution in [3.63, 3.8) is 0 Å². The summed E-state index contributed by atoms with van der Waals surface area (Å²) in [6.45, 7) is 2.52. The minimum atomic E-state index is -0.809. The Morgan fingerprint density at radius 2 is 1.92 bits per heavy atom. The van der Waals surface area contributed by atoms with Crippen LogP contribution in [0.1, 0.15) is 34.0 Å². The third kappa shape index (κ3) is 5.62. The summed E-state index contributed by atoms with van der Waals surface area (Å²) in [5, 5.41) is 15.2. The number of benzene rings is 4. The molecule has 4 aromatic rings. The van der Waals surface area contributed by atoms with Crippen LogP contribution < -0.4 is 14.9 Å². The number of halogens is 2. The van der Waals surface area contributed by atoms with E-state index in [1.165, 1.54) is 18.3 Å². The molecule has 0 aromatic heterocycles. The zero-order valence-electron chi connectivity index (χ0n) is 19.3. The smallest absolute Gasteiger partial charge is 0.274 e. The van der Waals surface area contributed by atoms with E-state index in [1.54, 1.807) is 12.1 Å². The molecule has 0 aliphatic heterocycles. The molecule has 0 aliphatic carbocycles. The standard InChI is InChI=1S/C28H21ClFN3O3/c1-2-35-26-14-19(16-32-33-28(34)23-11-10-18(15-31)13-25(23)30)12-24(29)27(26)36-17-21-8-5-7-20-6-3-4-9-22(20)21/h3-14,16H,2,17H2,1H3,(H,33,34)/b32-16+. The molecule has 36 heavy (non-hydrogen) atoms. The number of ether oxygens (including phenoxy) is 2. The molecule has 0 radical (unpaired) electrons. The molecule has 4 aromatic carbocycles. The molecule has 6 nitrogen and oxygen atoms in total. The molecule has 0 spiro atoms. The van der Waals surface area contributed by atoms with Gasteiger partial charge >= 0.3 is 0 Å². The third-order valence-corrected chi connectivity index (χ3v) is 5.59. The quantitative estimate of drug-likeness (QED) is 0.228. The highest BCUT2D eigenvalue weighted by Gasteiger charge is 2.14. The van der Waals surface area contributed by atoms with Crippen molar-refractivity contribution < 1.29 is 18.7 Å². The van der Waals surface area contributed by atoms with E-state index < -0.39 is 11.7 Å². The summed E-state index contributed by atoms with van der Waals surface area (Å²) >= 11 is 6.51. The first kappa shape index (κ1) is 24.7. The summed E-state index contributed by atoms with van der Waals surface area (Å²) in [6, 6.07) is 22.8. The molecule has 180 valence electrons. The number of amides is 1. The van der Waals surface area contributed by atoms with Crippen molar-refractivity contribution in [2.45, 2.75) is 13.5 Å². The number of hydrogen-bond acceptors (Lipinski definition) is 5. The lowest BCUT2D eigenvalue weighted by atomic mass is 10.1. The number of nitrogens with one attached hydrogen (secondary N) is 1. The second kappa shape index (κ2) is 11.3. The zero-order valence-corrected chi connectivity index (χ0v) is 20.1. The van der Waals surface area contributed by atoms with Crippen LogP contribution in [0.15, 0.2) is 77.9 Å². The fourth-order valence-corrected chi connectivity index (χ4v) is 3.90. The van der Waals surface area contributed by atoms with Gasteiger partial charge in [0.05, 0.1) is 35.0 Å².